The predicted octanol–water partition coefficient (Wildman–Crippen LogP) is 1.48. The first-order chi connectivity index (χ1) is 15.4. The van der Waals surface area contributed by atoms with E-state index in [2.05, 4.69) is 31.2 Å². The Hall–Kier alpha value is -2.76. The average Bonchev–Trinajstić information content (AvgIpc) is 2.78. The molecular weight excluding hydrogens is 478 g/mol. The Kier molecular flexibility index (Phi) is 6.87. The predicted molar refractivity (Wildman–Crippen MR) is 124 cm³/mol. The summed E-state index contributed by atoms with van der Waals surface area (Å²) in [5, 5.41) is 3.15. The first-order valence-corrected chi connectivity index (χ1v) is 11.3. The normalized spacial score (nSPS) is 19.0. The number of morpholine rings is 1. The molecule has 0 spiro atoms. The average molecular weight is 504 g/mol. The van der Waals surface area contributed by atoms with Gasteiger partial charge in [0.15, 0.2) is 0 Å². The number of ether oxygens (including phenoxy) is 1. The van der Waals surface area contributed by atoms with Gasteiger partial charge in [0.25, 0.3) is 11.8 Å². The number of piperidine rings is 1. The van der Waals surface area contributed by atoms with E-state index < -0.39 is 5.91 Å². The number of hydrogen-bond donors (Lipinski definition) is 3. The van der Waals surface area contributed by atoms with Crippen LogP contribution in [0.15, 0.2) is 28.9 Å². The zero-order chi connectivity index (χ0) is 22.7. The molecule has 0 bridgehead atoms. The number of carbonyl (C=O) groups excluding carboxylic acids is 2. The van der Waals surface area contributed by atoms with E-state index in [1.54, 1.807) is 23.1 Å². The maximum atomic E-state index is 12.9. The van der Waals surface area contributed by atoms with Crippen molar-refractivity contribution in [3.8, 4) is 0 Å². The largest absolute Gasteiger partial charge is 0.378 e. The molecule has 2 amide bonds. The second-order valence-corrected chi connectivity index (χ2v) is 8.82. The number of anilines is 3. The van der Waals surface area contributed by atoms with E-state index in [0.29, 0.717) is 50.0 Å². The lowest BCUT2D eigenvalue weighted by molar-refractivity contribution is 0.0303. The molecule has 10 nitrogen and oxygen atoms in total. The Morgan fingerprint density at radius 2 is 1.97 bits per heavy atom. The summed E-state index contributed by atoms with van der Waals surface area (Å²) < 4.78 is 6.05. The molecule has 3 heterocycles. The number of halogens is 1. The van der Waals surface area contributed by atoms with Gasteiger partial charge in [0.05, 0.1) is 13.2 Å². The van der Waals surface area contributed by atoms with Crippen molar-refractivity contribution in [1.29, 1.82) is 0 Å². The van der Waals surface area contributed by atoms with Gasteiger partial charge in [0.2, 0.25) is 5.95 Å². The van der Waals surface area contributed by atoms with Crippen LogP contribution in [0.5, 0.6) is 0 Å². The molecule has 11 heteroatoms. The van der Waals surface area contributed by atoms with Gasteiger partial charge in [0, 0.05) is 54.1 Å². The van der Waals surface area contributed by atoms with E-state index in [9.17, 15) is 9.59 Å². The molecule has 2 fully saturated rings. The Morgan fingerprint density at radius 1 is 1.19 bits per heavy atom. The summed E-state index contributed by atoms with van der Waals surface area (Å²) in [5.74, 6) is 0.0317. The maximum Gasteiger partial charge on any atom is 0.254 e. The summed E-state index contributed by atoms with van der Waals surface area (Å²) in [6.45, 7) is 3.58. The summed E-state index contributed by atoms with van der Waals surface area (Å²) in [6, 6.07) is 5.35. The third-order valence-corrected chi connectivity index (χ3v) is 5.95. The molecular formula is C21H26BrN7O3. The second-order valence-electron chi connectivity index (χ2n) is 7.90. The molecule has 0 radical (unpaired) electrons. The minimum atomic E-state index is -0.644. The van der Waals surface area contributed by atoms with Gasteiger partial charge in [-0.3, -0.25) is 9.59 Å². The summed E-state index contributed by atoms with van der Waals surface area (Å²) in [5.41, 5.74) is 12.9. The Labute approximate surface area is 194 Å². The van der Waals surface area contributed by atoms with Crippen molar-refractivity contribution in [2.45, 2.75) is 18.9 Å². The number of hydrogen-bond acceptors (Lipinski definition) is 8. The van der Waals surface area contributed by atoms with Crippen molar-refractivity contribution >= 4 is 45.2 Å². The molecule has 0 saturated carbocycles. The van der Waals surface area contributed by atoms with Gasteiger partial charge in [-0.15, -0.1) is 0 Å². The topological polar surface area (TPSA) is 140 Å². The molecule has 2 aliphatic rings. The van der Waals surface area contributed by atoms with Crippen LogP contribution in [-0.4, -0.2) is 72.1 Å². The van der Waals surface area contributed by atoms with Gasteiger partial charge in [-0.2, -0.15) is 4.98 Å². The van der Waals surface area contributed by atoms with Crippen LogP contribution in [0.2, 0.25) is 0 Å². The van der Waals surface area contributed by atoms with Crippen molar-refractivity contribution in [2.75, 3.05) is 49.6 Å². The fraction of sp³-hybridized carbons (Fsp3) is 0.429. The Balaban J connectivity index is 1.62. The van der Waals surface area contributed by atoms with Crippen LogP contribution in [-0.2, 0) is 4.74 Å². The fourth-order valence-electron chi connectivity index (χ4n) is 3.86. The standard InChI is InChI=1S/C21H26BrN7O3/c22-14-8-13(20(31)28-4-6-32-7-5-28)9-16(10-14)26-19-17(18(24)30)11-25-21(27-19)29-3-1-2-15(23)12-29/h8-11,15H,1-7,12,23H2,(H2,24,30)(H,25,26,27)/t15-/m0/s1. The molecule has 170 valence electrons. The summed E-state index contributed by atoms with van der Waals surface area (Å²) >= 11 is 3.47. The number of benzene rings is 1. The highest BCUT2D eigenvalue weighted by Gasteiger charge is 2.22. The SMILES string of the molecule is NC(=O)c1cnc(N2CCC[C@H](N)C2)nc1Nc1cc(Br)cc(C(=O)N2CCOCC2)c1. The molecule has 1 atom stereocenters. The van der Waals surface area contributed by atoms with Gasteiger partial charge < -0.3 is 31.3 Å². The molecule has 5 N–H and O–H groups in total. The highest BCUT2D eigenvalue weighted by atomic mass is 79.9. The third-order valence-electron chi connectivity index (χ3n) is 5.49. The Bertz CT molecular complexity index is 1010. The van der Waals surface area contributed by atoms with Crippen LogP contribution in [0.3, 0.4) is 0 Å². The maximum absolute atomic E-state index is 12.9. The van der Waals surface area contributed by atoms with Crippen LogP contribution in [0.4, 0.5) is 17.5 Å². The van der Waals surface area contributed by atoms with Crippen LogP contribution in [0, 0.1) is 0 Å². The zero-order valence-corrected chi connectivity index (χ0v) is 19.2. The number of nitrogens with two attached hydrogens (primary N) is 2. The van der Waals surface area contributed by atoms with E-state index in [1.807, 2.05) is 4.90 Å². The molecule has 2 saturated heterocycles. The fourth-order valence-corrected chi connectivity index (χ4v) is 4.36. The van der Waals surface area contributed by atoms with Crippen molar-refractivity contribution in [2.24, 2.45) is 11.5 Å². The van der Waals surface area contributed by atoms with Crippen molar-refractivity contribution in [3.05, 3.63) is 40.0 Å². The highest BCUT2D eigenvalue weighted by molar-refractivity contribution is 9.10. The quantitative estimate of drug-likeness (QED) is 0.557. The van der Waals surface area contributed by atoms with Gasteiger partial charge in [-0.25, -0.2) is 4.98 Å². The van der Waals surface area contributed by atoms with Crippen molar-refractivity contribution in [1.82, 2.24) is 14.9 Å². The minimum absolute atomic E-state index is 0.0541. The van der Waals surface area contributed by atoms with Crippen molar-refractivity contribution in [3.63, 3.8) is 0 Å². The van der Waals surface area contributed by atoms with Crippen LogP contribution >= 0.6 is 15.9 Å². The van der Waals surface area contributed by atoms with E-state index in [-0.39, 0.29) is 23.3 Å². The minimum Gasteiger partial charge on any atom is -0.378 e. The highest BCUT2D eigenvalue weighted by Crippen LogP contribution is 2.26. The summed E-state index contributed by atoms with van der Waals surface area (Å²) in [4.78, 5) is 37.6. The summed E-state index contributed by atoms with van der Waals surface area (Å²) in [7, 11) is 0. The van der Waals surface area contributed by atoms with Gasteiger partial charge in [-0.05, 0) is 31.0 Å². The van der Waals surface area contributed by atoms with Crippen molar-refractivity contribution < 1.29 is 14.3 Å². The molecule has 1 aromatic heterocycles. The number of nitrogens with one attached hydrogen (secondary N) is 1. The first kappa shape index (κ1) is 22.4. The lowest BCUT2D eigenvalue weighted by Crippen LogP contribution is -2.43. The lowest BCUT2D eigenvalue weighted by Gasteiger charge is -2.31. The van der Waals surface area contributed by atoms with Gasteiger partial charge in [0.1, 0.15) is 11.4 Å². The number of nitrogens with zero attached hydrogens (tertiary/aromatic N) is 4. The third kappa shape index (κ3) is 5.17. The zero-order valence-electron chi connectivity index (χ0n) is 17.6. The van der Waals surface area contributed by atoms with Crippen LogP contribution in [0.25, 0.3) is 0 Å². The molecule has 2 aromatic rings. The second kappa shape index (κ2) is 9.80. The monoisotopic (exact) mass is 503 g/mol. The molecule has 32 heavy (non-hydrogen) atoms. The van der Waals surface area contributed by atoms with E-state index in [0.717, 1.165) is 23.9 Å². The van der Waals surface area contributed by atoms with E-state index in [4.69, 9.17) is 16.2 Å². The molecule has 2 aliphatic heterocycles. The molecule has 4 rings (SSSR count). The number of carbonyl (C=O) groups is 2. The van der Waals surface area contributed by atoms with Crippen LogP contribution in [0.1, 0.15) is 33.6 Å². The van der Waals surface area contributed by atoms with E-state index >= 15 is 0 Å². The van der Waals surface area contributed by atoms with Crippen LogP contribution < -0.4 is 21.7 Å². The van der Waals surface area contributed by atoms with Gasteiger partial charge >= 0.3 is 0 Å². The molecule has 0 unspecified atom stereocenters. The lowest BCUT2D eigenvalue weighted by atomic mass is 10.1. The molecule has 0 aliphatic carbocycles. The first-order valence-electron chi connectivity index (χ1n) is 10.5. The Morgan fingerprint density at radius 3 is 2.69 bits per heavy atom. The van der Waals surface area contributed by atoms with E-state index in [1.165, 1.54) is 6.20 Å². The number of aromatic nitrogens is 2. The number of amides is 2. The molecule has 1 aromatic carbocycles. The van der Waals surface area contributed by atoms with Gasteiger partial charge in [-0.1, -0.05) is 15.9 Å². The summed E-state index contributed by atoms with van der Waals surface area (Å²) in [6.07, 6.45) is 3.33. The smallest absolute Gasteiger partial charge is 0.254 e. The number of primary amides is 1. The number of rotatable bonds is 5.